The standard InChI is InChI=1S/C16H12N2O2/c1-4-8-15-11(5-1)17-9-16(20-15)13-10-19-14-7-3-2-6-12(14)18-13/h1-9,18H,10H2. The number of nitrogens with zero attached hydrogens (tertiary/aromatic N) is 1. The first kappa shape index (κ1) is 11.1. The molecule has 4 nitrogen and oxygen atoms in total. The van der Waals surface area contributed by atoms with Crippen LogP contribution in [0, 0.1) is 0 Å². The van der Waals surface area contributed by atoms with Crippen molar-refractivity contribution in [1.82, 2.24) is 0 Å². The van der Waals surface area contributed by atoms with E-state index in [0.29, 0.717) is 12.4 Å². The zero-order valence-electron chi connectivity index (χ0n) is 10.7. The molecule has 98 valence electrons. The fourth-order valence-corrected chi connectivity index (χ4v) is 2.24. The molecule has 0 spiro atoms. The third kappa shape index (κ3) is 1.82. The quantitative estimate of drug-likeness (QED) is 0.792. The van der Waals surface area contributed by atoms with Crippen molar-refractivity contribution in [3.8, 4) is 11.5 Å². The summed E-state index contributed by atoms with van der Waals surface area (Å²) >= 11 is 0. The Morgan fingerprint density at radius 3 is 2.70 bits per heavy atom. The van der Waals surface area contributed by atoms with Gasteiger partial charge in [-0.15, -0.1) is 0 Å². The number of nitrogens with one attached hydrogen (secondary N) is 1. The Bertz CT molecular complexity index is 735. The highest BCUT2D eigenvalue weighted by atomic mass is 16.5. The number of ether oxygens (including phenoxy) is 2. The summed E-state index contributed by atoms with van der Waals surface area (Å²) in [5, 5.41) is 3.34. The maximum Gasteiger partial charge on any atom is 0.168 e. The molecule has 4 rings (SSSR count). The van der Waals surface area contributed by atoms with Crippen LogP contribution in [0.2, 0.25) is 0 Å². The molecule has 0 saturated carbocycles. The molecule has 0 atom stereocenters. The monoisotopic (exact) mass is 264 g/mol. The van der Waals surface area contributed by atoms with Crippen LogP contribution in [0.4, 0.5) is 11.4 Å². The average Bonchev–Trinajstić information content (AvgIpc) is 2.54. The smallest absolute Gasteiger partial charge is 0.168 e. The largest absolute Gasteiger partial charge is 0.485 e. The van der Waals surface area contributed by atoms with Gasteiger partial charge in [0.25, 0.3) is 0 Å². The fraction of sp³-hybridized carbons (Fsp3) is 0.0625. The van der Waals surface area contributed by atoms with E-state index < -0.39 is 0 Å². The Morgan fingerprint density at radius 1 is 0.950 bits per heavy atom. The molecule has 1 N–H and O–H groups in total. The molecule has 0 aromatic heterocycles. The van der Waals surface area contributed by atoms with Gasteiger partial charge in [-0.3, -0.25) is 0 Å². The Kier molecular flexibility index (Phi) is 2.45. The van der Waals surface area contributed by atoms with E-state index in [1.54, 1.807) is 6.21 Å². The van der Waals surface area contributed by atoms with E-state index >= 15 is 0 Å². The van der Waals surface area contributed by atoms with Crippen molar-refractivity contribution in [2.75, 3.05) is 11.9 Å². The van der Waals surface area contributed by atoms with Gasteiger partial charge < -0.3 is 14.8 Å². The molecule has 2 heterocycles. The van der Waals surface area contributed by atoms with Crippen LogP contribution in [0.15, 0.2) is 65.0 Å². The lowest BCUT2D eigenvalue weighted by Gasteiger charge is -2.24. The molecule has 4 heteroatoms. The Morgan fingerprint density at radius 2 is 1.75 bits per heavy atom. The molecule has 2 aromatic carbocycles. The van der Waals surface area contributed by atoms with E-state index in [9.17, 15) is 0 Å². The van der Waals surface area contributed by atoms with Crippen LogP contribution in [0.1, 0.15) is 0 Å². The minimum absolute atomic E-state index is 0.445. The third-order valence-corrected chi connectivity index (χ3v) is 3.25. The summed E-state index contributed by atoms with van der Waals surface area (Å²) in [4.78, 5) is 4.40. The van der Waals surface area contributed by atoms with Crippen LogP contribution in [0.25, 0.3) is 0 Å². The summed E-state index contributed by atoms with van der Waals surface area (Å²) in [5.74, 6) is 2.31. The van der Waals surface area contributed by atoms with Gasteiger partial charge in [0.1, 0.15) is 18.0 Å². The van der Waals surface area contributed by atoms with Crippen LogP contribution in [-0.2, 0) is 0 Å². The van der Waals surface area contributed by atoms with Crippen molar-refractivity contribution in [3.05, 3.63) is 60.0 Å². The first-order valence-corrected chi connectivity index (χ1v) is 6.43. The van der Waals surface area contributed by atoms with Gasteiger partial charge in [-0.25, -0.2) is 4.99 Å². The van der Waals surface area contributed by atoms with E-state index in [4.69, 9.17) is 9.47 Å². The topological polar surface area (TPSA) is 42.9 Å². The molecule has 2 aromatic rings. The van der Waals surface area contributed by atoms with Crippen LogP contribution in [-0.4, -0.2) is 12.8 Å². The van der Waals surface area contributed by atoms with Gasteiger partial charge in [-0.05, 0) is 24.3 Å². The summed E-state index contributed by atoms with van der Waals surface area (Å²) in [5.41, 5.74) is 2.66. The Hall–Kier alpha value is -2.75. The Labute approximate surface area is 116 Å². The molecule has 0 saturated heterocycles. The lowest BCUT2D eigenvalue weighted by molar-refractivity contribution is 0.335. The van der Waals surface area contributed by atoms with Crippen LogP contribution >= 0.6 is 0 Å². The molecular formula is C16H12N2O2. The molecule has 0 amide bonds. The number of aliphatic imine (C=N–C) groups is 1. The fourth-order valence-electron chi connectivity index (χ4n) is 2.24. The maximum absolute atomic E-state index is 5.87. The van der Waals surface area contributed by atoms with E-state index in [-0.39, 0.29) is 0 Å². The molecule has 20 heavy (non-hydrogen) atoms. The summed E-state index contributed by atoms with van der Waals surface area (Å²) < 4.78 is 11.6. The number of para-hydroxylation sites is 4. The van der Waals surface area contributed by atoms with Gasteiger partial charge in [0.2, 0.25) is 0 Å². The molecule has 2 aliphatic rings. The van der Waals surface area contributed by atoms with Crippen molar-refractivity contribution < 1.29 is 9.47 Å². The first-order chi connectivity index (χ1) is 9.90. The summed E-state index contributed by atoms with van der Waals surface area (Å²) in [7, 11) is 0. The zero-order valence-corrected chi connectivity index (χ0v) is 10.7. The molecule has 0 radical (unpaired) electrons. The van der Waals surface area contributed by atoms with Crippen molar-refractivity contribution in [2.24, 2.45) is 4.99 Å². The number of allylic oxidation sites excluding steroid dienone is 1. The predicted molar refractivity (Wildman–Crippen MR) is 77.8 cm³/mol. The summed E-state index contributed by atoms with van der Waals surface area (Å²) in [6, 6.07) is 15.5. The number of hydrogen-bond acceptors (Lipinski definition) is 4. The van der Waals surface area contributed by atoms with Crippen LogP contribution in [0.3, 0.4) is 0 Å². The highest BCUT2D eigenvalue weighted by Crippen LogP contribution is 2.34. The summed E-state index contributed by atoms with van der Waals surface area (Å²) in [6.07, 6.45) is 1.72. The van der Waals surface area contributed by atoms with Crippen LogP contribution < -0.4 is 14.8 Å². The lowest BCUT2D eigenvalue weighted by atomic mass is 10.2. The van der Waals surface area contributed by atoms with Gasteiger partial charge in [-0.2, -0.15) is 0 Å². The van der Waals surface area contributed by atoms with Crippen LogP contribution in [0.5, 0.6) is 11.5 Å². The second kappa shape index (κ2) is 4.42. The van der Waals surface area contributed by atoms with Crippen molar-refractivity contribution in [2.45, 2.75) is 0 Å². The van der Waals surface area contributed by atoms with Crippen molar-refractivity contribution in [1.29, 1.82) is 0 Å². The van der Waals surface area contributed by atoms with Gasteiger partial charge in [-0.1, -0.05) is 24.3 Å². The summed E-state index contributed by atoms with van der Waals surface area (Å²) in [6.45, 7) is 0.445. The second-order valence-electron chi connectivity index (χ2n) is 4.58. The average molecular weight is 264 g/mol. The molecular weight excluding hydrogens is 252 g/mol. The maximum atomic E-state index is 5.87. The molecule has 0 bridgehead atoms. The number of rotatable bonds is 0. The second-order valence-corrected chi connectivity index (χ2v) is 4.58. The number of fused-ring (bicyclic) bond motifs is 2. The lowest BCUT2D eigenvalue weighted by Crippen LogP contribution is -2.21. The zero-order chi connectivity index (χ0) is 13.4. The first-order valence-electron chi connectivity index (χ1n) is 6.43. The normalized spacial score (nSPS) is 19.2. The van der Waals surface area contributed by atoms with E-state index in [1.165, 1.54) is 0 Å². The SMILES string of the molecule is C1=Nc2ccccc2OC1=C1COc2ccccc2N1. The van der Waals surface area contributed by atoms with Crippen molar-refractivity contribution in [3.63, 3.8) is 0 Å². The Balaban J connectivity index is 1.69. The highest BCUT2D eigenvalue weighted by molar-refractivity contribution is 5.85. The molecule has 0 aliphatic carbocycles. The predicted octanol–water partition coefficient (Wildman–Crippen LogP) is 3.50. The molecule has 0 unspecified atom stereocenters. The molecule has 0 fully saturated rings. The van der Waals surface area contributed by atoms with Gasteiger partial charge >= 0.3 is 0 Å². The number of hydrogen-bond donors (Lipinski definition) is 1. The highest BCUT2D eigenvalue weighted by Gasteiger charge is 2.19. The van der Waals surface area contributed by atoms with E-state index in [2.05, 4.69) is 10.3 Å². The van der Waals surface area contributed by atoms with E-state index in [1.807, 2.05) is 48.5 Å². The number of anilines is 1. The minimum atomic E-state index is 0.445. The third-order valence-electron chi connectivity index (χ3n) is 3.25. The van der Waals surface area contributed by atoms with E-state index in [0.717, 1.165) is 28.6 Å². The van der Waals surface area contributed by atoms with Crippen molar-refractivity contribution >= 4 is 17.6 Å². The molecule has 2 aliphatic heterocycles. The minimum Gasteiger partial charge on any atom is -0.485 e. The number of benzene rings is 2. The van der Waals surface area contributed by atoms with Gasteiger partial charge in [0.15, 0.2) is 11.5 Å². The van der Waals surface area contributed by atoms with Gasteiger partial charge in [0.05, 0.1) is 17.6 Å². The van der Waals surface area contributed by atoms with Gasteiger partial charge in [0, 0.05) is 0 Å².